The molecule has 0 radical (unpaired) electrons. The molecule has 0 saturated heterocycles. The molecule has 2 heteroatoms. The Morgan fingerprint density at radius 1 is 0.211 bits per heavy atom. The maximum Gasteiger partial charge on any atom is 0.0466 e. The Bertz CT molecular complexity index is 348. The van der Waals surface area contributed by atoms with Gasteiger partial charge in [-0.3, -0.25) is 0 Å². The molecular formula is C36H74O2. The minimum absolute atomic E-state index is 0.956. The lowest BCUT2D eigenvalue weighted by atomic mass is 10.0. The van der Waals surface area contributed by atoms with Crippen LogP contribution in [0.15, 0.2) is 0 Å². The molecule has 38 heavy (non-hydrogen) atoms. The number of rotatable bonds is 35. The van der Waals surface area contributed by atoms with E-state index in [1.165, 1.54) is 193 Å². The highest BCUT2D eigenvalue weighted by molar-refractivity contribution is 4.51. The second kappa shape index (κ2) is 36.9. The zero-order valence-corrected chi connectivity index (χ0v) is 26.9. The molecule has 0 aliphatic heterocycles. The van der Waals surface area contributed by atoms with Crippen LogP contribution in [0.4, 0.5) is 0 Å². The molecule has 0 fully saturated rings. The average Bonchev–Trinajstić information content (AvgIpc) is 2.93. The van der Waals surface area contributed by atoms with Crippen molar-refractivity contribution in [2.45, 2.75) is 206 Å². The second-order valence-corrected chi connectivity index (χ2v) is 12.1. The first-order valence-corrected chi connectivity index (χ1v) is 18.1. The van der Waals surface area contributed by atoms with Gasteiger partial charge in [0.2, 0.25) is 0 Å². The van der Waals surface area contributed by atoms with Gasteiger partial charge in [0.15, 0.2) is 0 Å². The summed E-state index contributed by atoms with van der Waals surface area (Å²) in [5.41, 5.74) is 0. The first-order chi connectivity index (χ1) is 18.9. The molecule has 0 rings (SSSR count). The van der Waals surface area contributed by atoms with Crippen molar-refractivity contribution in [2.24, 2.45) is 0 Å². The van der Waals surface area contributed by atoms with E-state index >= 15 is 0 Å². The molecule has 0 unspecified atom stereocenters. The summed E-state index contributed by atoms with van der Waals surface area (Å²) in [4.78, 5) is 0. The van der Waals surface area contributed by atoms with E-state index < -0.39 is 0 Å². The van der Waals surface area contributed by atoms with E-state index in [1.807, 2.05) is 0 Å². The Balaban J connectivity index is 3.01. The number of ether oxygens (including phenoxy) is 2. The first-order valence-electron chi connectivity index (χ1n) is 18.1. The molecule has 0 atom stereocenters. The molecule has 0 spiro atoms. The normalized spacial score (nSPS) is 11.5. The monoisotopic (exact) mass is 539 g/mol. The van der Waals surface area contributed by atoms with Crippen LogP contribution in [0.3, 0.4) is 0 Å². The van der Waals surface area contributed by atoms with E-state index in [1.54, 1.807) is 0 Å². The fraction of sp³-hybridized carbons (Fsp3) is 1.00. The molecule has 0 aromatic heterocycles. The Labute approximate surface area is 242 Å². The summed E-state index contributed by atoms with van der Waals surface area (Å²) >= 11 is 0. The molecule has 0 aromatic carbocycles. The van der Waals surface area contributed by atoms with Gasteiger partial charge in [-0.15, -0.1) is 0 Å². The van der Waals surface area contributed by atoms with E-state index in [0.29, 0.717) is 0 Å². The minimum Gasteiger partial charge on any atom is -0.381 e. The summed E-state index contributed by atoms with van der Waals surface area (Å²) in [6.45, 7) is 8.45. The number of hydrogen-bond donors (Lipinski definition) is 0. The summed E-state index contributed by atoms with van der Waals surface area (Å²) in [6.07, 6.45) is 41.9. The van der Waals surface area contributed by atoms with E-state index in [9.17, 15) is 0 Å². The van der Waals surface area contributed by atoms with Gasteiger partial charge in [0.1, 0.15) is 0 Å². The van der Waals surface area contributed by atoms with Crippen LogP contribution >= 0.6 is 0 Å². The van der Waals surface area contributed by atoms with Gasteiger partial charge < -0.3 is 9.47 Å². The summed E-state index contributed by atoms with van der Waals surface area (Å²) in [6, 6.07) is 0. The zero-order chi connectivity index (χ0) is 27.5. The molecule has 0 N–H and O–H groups in total. The predicted molar refractivity (Wildman–Crippen MR) is 171 cm³/mol. The van der Waals surface area contributed by atoms with E-state index in [-0.39, 0.29) is 0 Å². The third-order valence-corrected chi connectivity index (χ3v) is 8.11. The maximum absolute atomic E-state index is 5.84. The third kappa shape index (κ3) is 35.9. The fourth-order valence-corrected chi connectivity index (χ4v) is 5.41. The number of unbranched alkanes of at least 4 members (excludes halogenated alkanes) is 27. The minimum atomic E-state index is 0.956. The summed E-state index contributed by atoms with van der Waals surface area (Å²) in [5.74, 6) is 0. The van der Waals surface area contributed by atoms with Gasteiger partial charge in [0.05, 0.1) is 0 Å². The molecule has 0 bridgehead atoms. The van der Waals surface area contributed by atoms with Gasteiger partial charge in [-0.05, 0) is 25.7 Å². The quantitative estimate of drug-likeness (QED) is 0.0747. The van der Waals surface area contributed by atoms with Crippen LogP contribution in [0.25, 0.3) is 0 Å². The molecule has 0 aliphatic carbocycles. The highest BCUT2D eigenvalue weighted by atomic mass is 16.5. The van der Waals surface area contributed by atoms with Crippen LogP contribution < -0.4 is 0 Å². The smallest absolute Gasteiger partial charge is 0.0466 e. The summed E-state index contributed by atoms with van der Waals surface area (Å²) < 4.78 is 11.7. The van der Waals surface area contributed by atoms with Crippen molar-refractivity contribution in [1.82, 2.24) is 0 Å². The molecule has 230 valence electrons. The van der Waals surface area contributed by atoms with Gasteiger partial charge in [-0.2, -0.15) is 0 Å². The molecule has 0 saturated carbocycles. The zero-order valence-electron chi connectivity index (χ0n) is 26.9. The molecule has 0 aromatic rings. The van der Waals surface area contributed by atoms with Gasteiger partial charge >= 0.3 is 0 Å². The summed E-state index contributed by atoms with van der Waals surface area (Å²) in [5, 5.41) is 0. The third-order valence-electron chi connectivity index (χ3n) is 8.11. The van der Waals surface area contributed by atoms with E-state index in [0.717, 1.165) is 26.4 Å². The van der Waals surface area contributed by atoms with Gasteiger partial charge in [-0.1, -0.05) is 181 Å². The van der Waals surface area contributed by atoms with Crippen molar-refractivity contribution in [3.8, 4) is 0 Å². The van der Waals surface area contributed by atoms with Crippen molar-refractivity contribution in [3.63, 3.8) is 0 Å². The molecule has 0 heterocycles. The Morgan fingerprint density at radius 3 is 0.553 bits per heavy atom. The van der Waals surface area contributed by atoms with Crippen LogP contribution in [0, 0.1) is 0 Å². The Hall–Kier alpha value is -0.0800. The van der Waals surface area contributed by atoms with Crippen LogP contribution in [-0.4, -0.2) is 26.4 Å². The Morgan fingerprint density at radius 2 is 0.368 bits per heavy atom. The lowest BCUT2D eigenvalue weighted by Gasteiger charge is -2.06. The van der Waals surface area contributed by atoms with Gasteiger partial charge in [0, 0.05) is 26.4 Å². The molecular weight excluding hydrogens is 464 g/mol. The lowest BCUT2D eigenvalue weighted by molar-refractivity contribution is 0.117. The highest BCUT2D eigenvalue weighted by Crippen LogP contribution is 2.14. The fourth-order valence-electron chi connectivity index (χ4n) is 5.41. The molecule has 0 aliphatic rings. The van der Waals surface area contributed by atoms with Gasteiger partial charge in [-0.25, -0.2) is 0 Å². The maximum atomic E-state index is 5.84. The average molecular weight is 539 g/mol. The van der Waals surface area contributed by atoms with Crippen molar-refractivity contribution < 1.29 is 9.47 Å². The Kier molecular flexibility index (Phi) is 36.8. The summed E-state index contributed by atoms with van der Waals surface area (Å²) in [7, 11) is 0. The standard InChI is InChI=1S/C36H74O2/c1-3-5-7-9-11-13-15-17-19-21-23-25-29-33-37-35-31-27-28-32-36-38-34-30-26-24-22-20-18-16-14-12-10-8-6-4-2/h3-36H2,1-2H3. The predicted octanol–water partition coefficient (Wildman–Crippen LogP) is 12.8. The van der Waals surface area contributed by atoms with E-state index in [4.69, 9.17) is 9.47 Å². The van der Waals surface area contributed by atoms with Crippen LogP contribution in [0.2, 0.25) is 0 Å². The van der Waals surface area contributed by atoms with Crippen LogP contribution in [0.5, 0.6) is 0 Å². The topological polar surface area (TPSA) is 18.5 Å². The van der Waals surface area contributed by atoms with Gasteiger partial charge in [0.25, 0.3) is 0 Å². The second-order valence-electron chi connectivity index (χ2n) is 12.1. The van der Waals surface area contributed by atoms with E-state index in [2.05, 4.69) is 13.8 Å². The SMILES string of the molecule is CCCCCCCCCCCCCCCOCCCCCCOCCCCCCCCCCCCCCC. The molecule has 2 nitrogen and oxygen atoms in total. The van der Waals surface area contributed by atoms with Crippen LogP contribution in [-0.2, 0) is 9.47 Å². The van der Waals surface area contributed by atoms with Crippen molar-refractivity contribution in [3.05, 3.63) is 0 Å². The van der Waals surface area contributed by atoms with Crippen molar-refractivity contribution >= 4 is 0 Å². The molecule has 0 amide bonds. The highest BCUT2D eigenvalue weighted by Gasteiger charge is 1.97. The first kappa shape index (κ1) is 37.9. The van der Waals surface area contributed by atoms with Crippen LogP contribution in [0.1, 0.15) is 206 Å². The number of hydrogen-bond acceptors (Lipinski definition) is 2. The largest absolute Gasteiger partial charge is 0.381 e. The van der Waals surface area contributed by atoms with Crippen molar-refractivity contribution in [2.75, 3.05) is 26.4 Å². The van der Waals surface area contributed by atoms with Crippen molar-refractivity contribution in [1.29, 1.82) is 0 Å². The lowest BCUT2D eigenvalue weighted by Crippen LogP contribution is -1.99.